The third-order valence-electron chi connectivity index (χ3n) is 2.65. The molecule has 1 aromatic rings. The van der Waals surface area contributed by atoms with Crippen molar-refractivity contribution in [2.24, 2.45) is 5.92 Å². The van der Waals surface area contributed by atoms with Crippen molar-refractivity contribution in [3.05, 3.63) is 22.4 Å². The summed E-state index contributed by atoms with van der Waals surface area (Å²) in [6, 6.07) is 3.72. The molecule has 1 heterocycles. The Kier molecular flexibility index (Phi) is 2.83. The van der Waals surface area contributed by atoms with Gasteiger partial charge in [-0.3, -0.25) is 0 Å². The molecule has 0 amide bonds. The fraction of sp³-hybridized carbons (Fsp3) is 0.500. The second-order valence-corrected chi connectivity index (χ2v) is 5.09. The maximum absolute atomic E-state index is 9.92. The lowest BCUT2D eigenvalue weighted by atomic mass is 10.0. The first-order chi connectivity index (χ1) is 7.09. The quantitative estimate of drug-likeness (QED) is 0.751. The van der Waals surface area contributed by atoms with E-state index in [1.54, 1.807) is 6.92 Å². The summed E-state index contributed by atoms with van der Waals surface area (Å²) in [5.74, 6) is 5.78. The predicted octanol–water partition coefficient (Wildman–Crippen LogP) is 1.95. The molecule has 1 aliphatic carbocycles. The number of aliphatic hydroxyl groups excluding tert-OH is 1. The summed E-state index contributed by atoms with van der Waals surface area (Å²) < 4.78 is 0. The molecular formula is C12H14O2S. The fourth-order valence-electron chi connectivity index (χ4n) is 1.48. The number of hydrogen-bond acceptors (Lipinski definition) is 3. The maximum atomic E-state index is 9.92. The lowest BCUT2D eigenvalue weighted by molar-refractivity contribution is 0.0972. The van der Waals surface area contributed by atoms with E-state index in [4.69, 9.17) is 0 Å². The van der Waals surface area contributed by atoms with Crippen LogP contribution >= 0.6 is 11.3 Å². The van der Waals surface area contributed by atoms with Crippen molar-refractivity contribution in [2.75, 3.05) is 0 Å². The Morgan fingerprint density at radius 2 is 2.33 bits per heavy atom. The molecule has 2 rings (SSSR count). The van der Waals surface area contributed by atoms with Gasteiger partial charge in [0, 0.05) is 4.88 Å². The highest BCUT2D eigenvalue weighted by Gasteiger charge is 2.38. The number of hydrogen-bond donors (Lipinski definition) is 2. The zero-order valence-electron chi connectivity index (χ0n) is 8.60. The lowest BCUT2D eigenvalue weighted by Crippen LogP contribution is -2.24. The molecule has 0 saturated heterocycles. The van der Waals surface area contributed by atoms with E-state index in [-0.39, 0.29) is 0 Å². The molecule has 2 atom stereocenters. The van der Waals surface area contributed by atoms with E-state index in [0.29, 0.717) is 5.92 Å². The van der Waals surface area contributed by atoms with Crippen molar-refractivity contribution in [3.63, 3.8) is 0 Å². The summed E-state index contributed by atoms with van der Waals surface area (Å²) in [4.78, 5) is 0.828. The van der Waals surface area contributed by atoms with Crippen LogP contribution in [-0.4, -0.2) is 15.8 Å². The van der Waals surface area contributed by atoms with Gasteiger partial charge in [-0.2, -0.15) is 0 Å². The van der Waals surface area contributed by atoms with Crippen LogP contribution in [0.1, 0.15) is 30.7 Å². The smallest absolute Gasteiger partial charge is 0.149 e. The van der Waals surface area contributed by atoms with Gasteiger partial charge in [0.15, 0.2) is 0 Å². The van der Waals surface area contributed by atoms with Crippen LogP contribution < -0.4 is 0 Å². The maximum Gasteiger partial charge on any atom is 0.149 e. The number of thiophene rings is 1. The largest absolute Gasteiger partial charge is 0.378 e. The molecule has 80 valence electrons. The first kappa shape index (κ1) is 10.7. The van der Waals surface area contributed by atoms with Crippen molar-refractivity contribution in [2.45, 2.75) is 31.5 Å². The van der Waals surface area contributed by atoms with Gasteiger partial charge < -0.3 is 10.2 Å². The molecule has 15 heavy (non-hydrogen) atoms. The van der Waals surface area contributed by atoms with Crippen LogP contribution in [0, 0.1) is 17.8 Å². The topological polar surface area (TPSA) is 40.5 Å². The molecule has 0 aromatic carbocycles. The minimum atomic E-state index is -0.932. The van der Waals surface area contributed by atoms with Crippen molar-refractivity contribution in [3.8, 4) is 11.8 Å². The molecule has 1 aromatic heterocycles. The lowest BCUT2D eigenvalue weighted by Gasteiger charge is -2.14. The molecule has 0 aliphatic heterocycles. The Morgan fingerprint density at radius 3 is 2.87 bits per heavy atom. The molecule has 1 fully saturated rings. The molecule has 1 aliphatic rings. The summed E-state index contributed by atoms with van der Waals surface area (Å²) in [7, 11) is 0. The van der Waals surface area contributed by atoms with Crippen molar-refractivity contribution in [1.29, 1.82) is 0 Å². The Hall–Kier alpha value is -0.820. The van der Waals surface area contributed by atoms with Crippen molar-refractivity contribution in [1.82, 2.24) is 0 Å². The highest BCUT2D eigenvalue weighted by Crippen LogP contribution is 2.39. The normalized spacial score (nSPS) is 21.3. The third-order valence-corrected chi connectivity index (χ3v) is 3.57. The van der Waals surface area contributed by atoms with Crippen LogP contribution in [0.25, 0.3) is 0 Å². The van der Waals surface area contributed by atoms with E-state index in [2.05, 4.69) is 11.8 Å². The number of rotatable bonds is 2. The van der Waals surface area contributed by atoms with Crippen molar-refractivity contribution < 1.29 is 10.2 Å². The van der Waals surface area contributed by atoms with Crippen LogP contribution in [0.15, 0.2) is 17.5 Å². The molecule has 2 N–H and O–H groups in total. The minimum Gasteiger partial charge on any atom is -0.378 e. The summed E-state index contributed by atoms with van der Waals surface area (Å²) in [5, 5.41) is 21.5. The van der Waals surface area contributed by atoms with E-state index < -0.39 is 11.7 Å². The van der Waals surface area contributed by atoms with Crippen LogP contribution in [0.5, 0.6) is 0 Å². The van der Waals surface area contributed by atoms with Crippen molar-refractivity contribution >= 4 is 11.3 Å². The Balaban J connectivity index is 2.04. The molecule has 0 unspecified atom stereocenters. The SMILES string of the molecule is C[C@@](O)(C#C[C@@H](O)c1cccs1)C1CC1. The van der Waals surface area contributed by atoms with Crippen LogP contribution in [0.2, 0.25) is 0 Å². The van der Waals surface area contributed by atoms with E-state index in [0.717, 1.165) is 17.7 Å². The Labute approximate surface area is 93.6 Å². The fourth-order valence-corrected chi connectivity index (χ4v) is 2.14. The standard InChI is InChI=1S/C12H14O2S/c1-12(14,9-4-5-9)7-6-10(13)11-3-2-8-15-11/h2-3,8-10,13-14H,4-5H2,1H3/t10-,12-/m1/s1. The van der Waals surface area contributed by atoms with Gasteiger partial charge in [-0.15, -0.1) is 11.3 Å². The van der Waals surface area contributed by atoms with Crippen LogP contribution in [-0.2, 0) is 0 Å². The van der Waals surface area contributed by atoms with Gasteiger partial charge in [0.2, 0.25) is 0 Å². The molecule has 0 bridgehead atoms. The molecule has 0 spiro atoms. The molecular weight excluding hydrogens is 208 g/mol. The van der Waals surface area contributed by atoms with Gasteiger partial charge in [-0.25, -0.2) is 0 Å². The second kappa shape index (κ2) is 3.97. The molecule has 2 nitrogen and oxygen atoms in total. The molecule has 1 saturated carbocycles. The Morgan fingerprint density at radius 1 is 1.60 bits per heavy atom. The van der Waals surface area contributed by atoms with Gasteiger partial charge in [0.1, 0.15) is 11.7 Å². The molecule has 0 radical (unpaired) electrons. The summed E-state index contributed by atoms with van der Waals surface area (Å²) >= 11 is 1.47. The van der Waals surface area contributed by atoms with E-state index in [1.165, 1.54) is 11.3 Å². The zero-order valence-corrected chi connectivity index (χ0v) is 9.42. The predicted molar refractivity (Wildman–Crippen MR) is 60.4 cm³/mol. The van der Waals surface area contributed by atoms with Crippen LogP contribution in [0.4, 0.5) is 0 Å². The number of aliphatic hydroxyl groups is 2. The summed E-state index contributed by atoms with van der Waals surface area (Å²) in [6.07, 6.45) is 1.31. The van der Waals surface area contributed by atoms with E-state index >= 15 is 0 Å². The first-order valence-electron chi connectivity index (χ1n) is 5.06. The first-order valence-corrected chi connectivity index (χ1v) is 5.94. The minimum absolute atomic E-state index is 0.292. The highest BCUT2D eigenvalue weighted by atomic mass is 32.1. The van der Waals surface area contributed by atoms with Gasteiger partial charge in [0.05, 0.1) is 0 Å². The monoisotopic (exact) mass is 222 g/mol. The van der Waals surface area contributed by atoms with Crippen LogP contribution in [0.3, 0.4) is 0 Å². The second-order valence-electron chi connectivity index (χ2n) is 4.11. The molecule has 3 heteroatoms. The van der Waals surface area contributed by atoms with Gasteiger partial charge in [-0.1, -0.05) is 17.9 Å². The van der Waals surface area contributed by atoms with Gasteiger partial charge >= 0.3 is 0 Å². The summed E-state index contributed by atoms with van der Waals surface area (Å²) in [5.41, 5.74) is -0.932. The zero-order chi connectivity index (χ0) is 10.9. The van der Waals surface area contributed by atoms with Gasteiger partial charge in [-0.05, 0) is 37.1 Å². The third kappa shape index (κ3) is 2.60. The van der Waals surface area contributed by atoms with E-state index in [1.807, 2.05) is 17.5 Å². The average Bonchev–Trinajstić information content (AvgIpc) is 2.92. The van der Waals surface area contributed by atoms with E-state index in [9.17, 15) is 10.2 Å². The van der Waals surface area contributed by atoms with Gasteiger partial charge in [0.25, 0.3) is 0 Å². The Bertz CT molecular complexity index is 379. The average molecular weight is 222 g/mol. The highest BCUT2D eigenvalue weighted by molar-refractivity contribution is 7.10. The summed E-state index contributed by atoms with van der Waals surface area (Å²) in [6.45, 7) is 1.72.